The lowest BCUT2D eigenvalue weighted by Gasteiger charge is -2.09. The number of para-hydroxylation sites is 1. The van der Waals surface area contributed by atoms with E-state index in [1.54, 1.807) is 12.1 Å². The molecule has 0 saturated heterocycles. The molecule has 7 nitrogen and oxygen atoms in total. The maximum atomic E-state index is 12.5. The SMILES string of the molecule is O=C(CNC(=O)Cc1ccc(-c2ccccc2)cc1)CNS(=O)(=O)c1ccc(Oc2ccccc2)cc1. The zero-order valence-corrected chi connectivity index (χ0v) is 20.8. The van der Waals surface area contributed by atoms with Gasteiger partial charge in [0.2, 0.25) is 15.9 Å². The Labute approximate surface area is 216 Å². The summed E-state index contributed by atoms with van der Waals surface area (Å²) in [6, 6.07) is 32.5. The van der Waals surface area contributed by atoms with E-state index in [1.165, 1.54) is 24.3 Å². The monoisotopic (exact) mass is 514 g/mol. The van der Waals surface area contributed by atoms with Crippen molar-refractivity contribution in [3.05, 3.63) is 115 Å². The number of rotatable bonds is 11. The molecule has 8 heteroatoms. The van der Waals surface area contributed by atoms with Crippen LogP contribution in [0.2, 0.25) is 0 Å². The van der Waals surface area contributed by atoms with E-state index in [1.807, 2.05) is 72.8 Å². The number of carbonyl (C=O) groups excluding carboxylic acids is 2. The third-order valence-corrected chi connectivity index (χ3v) is 6.90. The van der Waals surface area contributed by atoms with Crippen molar-refractivity contribution in [3.63, 3.8) is 0 Å². The largest absolute Gasteiger partial charge is 0.457 e. The van der Waals surface area contributed by atoms with Gasteiger partial charge in [-0.2, -0.15) is 0 Å². The molecular weight excluding hydrogens is 488 g/mol. The summed E-state index contributed by atoms with van der Waals surface area (Å²) in [6.07, 6.45) is 0.117. The molecule has 4 aromatic carbocycles. The summed E-state index contributed by atoms with van der Waals surface area (Å²) in [7, 11) is -3.90. The Morgan fingerprint density at radius 2 is 1.22 bits per heavy atom. The minimum Gasteiger partial charge on any atom is -0.457 e. The zero-order chi connectivity index (χ0) is 26.1. The Kier molecular flexibility index (Phi) is 8.45. The van der Waals surface area contributed by atoms with Crippen LogP contribution in [0, 0.1) is 0 Å². The summed E-state index contributed by atoms with van der Waals surface area (Å²) in [5.74, 6) is 0.338. The molecule has 1 amide bonds. The molecule has 37 heavy (non-hydrogen) atoms. The van der Waals surface area contributed by atoms with Crippen molar-refractivity contribution in [1.82, 2.24) is 10.0 Å². The van der Waals surface area contributed by atoms with Gasteiger partial charge in [-0.25, -0.2) is 13.1 Å². The number of carbonyl (C=O) groups is 2. The molecule has 0 aliphatic rings. The number of hydrogen-bond acceptors (Lipinski definition) is 5. The van der Waals surface area contributed by atoms with Crippen molar-refractivity contribution in [2.24, 2.45) is 0 Å². The number of ketones is 1. The first-order valence-corrected chi connectivity index (χ1v) is 13.1. The third-order valence-electron chi connectivity index (χ3n) is 5.48. The molecule has 2 N–H and O–H groups in total. The van der Waals surface area contributed by atoms with Crippen LogP contribution in [0.3, 0.4) is 0 Å². The molecule has 0 aromatic heterocycles. The molecule has 0 radical (unpaired) electrons. The molecular formula is C29H26N2O5S. The quantitative estimate of drug-likeness (QED) is 0.310. The number of sulfonamides is 1. The van der Waals surface area contributed by atoms with E-state index in [0.29, 0.717) is 11.5 Å². The molecule has 0 heterocycles. The van der Waals surface area contributed by atoms with Gasteiger partial charge in [0, 0.05) is 0 Å². The highest BCUT2D eigenvalue weighted by Gasteiger charge is 2.16. The van der Waals surface area contributed by atoms with E-state index < -0.39 is 22.4 Å². The van der Waals surface area contributed by atoms with Crippen molar-refractivity contribution >= 4 is 21.7 Å². The number of benzene rings is 4. The van der Waals surface area contributed by atoms with Crippen LogP contribution in [0.15, 0.2) is 114 Å². The molecule has 4 aromatic rings. The van der Waals surface area contributed by atoms with E-state index in [2.05, 4.69) is 10.0 Å². The lowest BCUT2D eigenvalue weighted by molar-refractivity contribution is -0.124. The van der Waals surface area contributed by atoms with Gasteiger partial charge < -0.3 is 10.1 Å². The van der Waals surface area contributed by atoms with E-state index in [0.717, 1.165) is 16.7 Å². The minimum atomic E-state index is -3.90. The highest BCUT2D eigenvalue weighted by Crippen LogP contribution is 2.22. The Bertz CT molecular complexity index is 1440. The molecule has 0 aliphatic heterocycles. The fourth-order valence-electron chi connectivity index (χ4n) is 3.52. The molecule has 0 spiro atoms. The molecule has 0 bridgehead atoms. The smallest absolute Gasteiger partial charge is 0.240 e. The maximum Gasteiger partial charge on any atom is 0.240 e. The van der Waals surface area contributed by atoms with Gasteiger partial charge in [-0.05, 0) is 53.1 Å². The van der Waals surface area contributed by atoms with Crippen molar-refractivity contribution in [2.75, 3.05) is 13.1 Å². The van der Waals surface area contributed by atoms with E-state index in [9.17, 15) is 18.0 Å². The topological polar surface area (TPSA) is 102 Å². The van der Waals surface area contributed by atoms with Gasteiger partial charge in [-0.15, -0.1) is 0 Å². The molecule has 188 valence electrons. The predicted octanol–water partition coefficient (Wildman–Crippen LogP) is 4.35. The molecule has 0 saturated carbocycles. The highest BCUT2D eigenvalue weighted by atomic mass is 32.2. The molecule has 0 fully saturated rings. The average molecular weight is 515 g/mol. The summed E-state index contributed by atoms with van der Waals surface area (Å²) in [4.78, 5) is 24.4. The molecule has 0 atom stereocenters. The second-order valence-electron chi connectivity index (χ2n) is 8.27. The van der Waals surface area contributed by atoms with Crippen LogP contribution in [0.4, 0.5) is 0 Å². The van der Waals surface area contributed by atoms with Crippen molar-refractivity contribution < 1.29 is 22.7 Å². The Morgan fingerprint density at radius 3 is 1.86 bits per heavy atom. The summed E-state index contributed by atoms with van der Waals surface area (Å²) < 4.78 is 33.0. The predicted molar refractivity (Wildman–Crippen MR) is 142 cm³/mol. The summed E-state index contributed by atoms with van der Waals surface area (Å²) in [5, 5.41) is 2.54. The van der Waals surface area contributed by atoms with Crippen LogP contribution in [0.1, 0.15) is 5.56 Å². The van der Waals surface area contributed by atoms with Crippen LogP contribution in [0.5, 0.6) is 11.5 Å². The van der Waals surface area contributed by atoms with Crippen molar-refractivity contribution in [2.45, 2.75) is 11.3 Å². The van der Waals surface area contributed by atoms with E-state index >= 15 is 0 Å². The lowest BCUT2D eigenvalue weighted by atomic mass is 10.0. The van der Waals surface area contributed by atoms with Gasteiger partial charge in [0.1, 0.15) is 11.5 Å². The summed E-state index contributed by atoms with van der Waals surface area (Å²) in [6.45, 7) is -0.704. The first-order chi connectivity index (χ1) is 17.9. The fourth-order valence-corrected chi connectivity index (χ4v) is 4.54. The molecule has 4 rings (SSSR count). The second-order valence-corrected chi connectivity index (χ2v) is 10.0. The van der Waals surface area contributed by atoms with Gasteiger partial charge in [-0.1, -0.05) is 72.8 Å². The number of hydrogen-bond donors (Lipinski definition) is 2. The highest BCUT2D eigenvalue weighted by molar-refractivity contribution is 7.89. The van der Waals surface area contributed by atoms with Gasteiger partial charge in [-0.3, -0.25) is 9.59 Å². The first kappa shape index (κ1) is 25.8. The van der Waals surface area contributed by atoms with Crippen LogP contribution < -0.4 is 14.8 Å². The summed E-state index contributed by atoms with van der Waals surface area (Å²) >= 11 is 0. The van der Waals surface area contributed by atoms with E-state index in [-0.39, 0.29) is 23.8 Å². The van der Waals surface area contributed by atoms with Crippen molar-refractivity contribution in [1.29, 1.82) is 0 Å². The lowest BCUT2D eigenvalue weighted by Crippen LogP contribution is -2.37. The van der Waals surface area contributed by atoms with Gasteiger partial charge >= 0.3 is 0 Å². The Morgan fingerprint density at radius 1 is 0.649 bits per heavy atom. The number of amides is 1. The van der Waals surface area contributed by atoms with E-state index in [4.69, 9.17) is 4.74 Å². The number of ether oxygens (including phenoxy) is 1. The first-order valence-electron chi connectivity index (χ1n) is 11.6. The van der Waals surface area contributed by atoms with Gasteiger partial charge in [0.05, 0.1) is 24.4 Å². The normalized spacial score (nSPS) is 11.0. The molecule has 0 unspecified atom stereocenters. The van der Waals surface area contributed by atoms with Crippen LogP contribution in [0.25, 0.3) is 11.1 Å². The molecule has 0 aliphatic carbocycles. The standard InChI is InChI=1S/C29H26N2O5S/c32-25(20-30-29(33)19-22-11-13-24(14-12-22)23-7-3-1-4-8-23)21-31-37(34,35)28-17-15-27(16-18-28)36-26-9-5-2-6-10-26/h1-18,31H,19-21H2,(H,30,33). The fraction of sp³-hybridized carbons (Fsp3) is 0.103. The zero-order valence-electron chi connectivity index (χ0n) is 20.0. The third kappa shape index (κ3) is 7.60. The second kappa shape index (κ2) is 12.1. The number of nitrogens with one attached hydrogen (secondary N) is 2. The van der Waals surface area contributed by atoms with Crippen LogP contribution >= 0.6 is 0 Å². The summed E-state index contributed by atoms with van der Waals surface area (Å²) in [5.41, 5.74) is 2.94. The van der Waals surface area contributed by atoms with Crippen LogP contribution in [-0.4, -0.2) is 33.2 Å². The van der Waals surface area contributed by atoms with Crippen molar-refractivity contribution in [3.8, 4) is 22.6 Å². The minimum absolute atomic E-state index is 0.00342. The average Bonchev–Trinajstić information content (AvgIpc) is 2.93. The van der Waals surface area contributed by atoms with Gasteiger partial charge in [0.15, 0.2) is 5.78 Å². The van der Waals surface area contributed by atoms with Crippen LogP contribution in [-0.2, 0) is 26.0 Å². The maximum absolute atomic E-state index is 12.5. The number of Topliss-reactive ketones (excluding diaryl/α,β-unsaturated/α-hetero) is 1. The van der Waals surface area contributed by atoms with Gasteiger partial charge in [0.25, 0.3) is 0 Å². The Balaban J connectivity index is 1.21. The Hall–Kier alpha value is -4.27.